The minimum atomic E-state index is -0.454. The third kappa shape index (κ3) is 3.44. The molecule has 0 radical (unpaired) electrons. The highest BCUT2D eigenvalue weighted by molar-refractivity contribution is 9.10. The number of nitrogens with zero attached hydrogens (tertiary/aromatic N) is 1. The van der Waals surface area contributed by atoms with Crippen LogP contribution in [0.4, 0.5) is 10.1 Å². The fourth-order valence-electron chi connectivity index (χ4n) is 2.88. The van der Waals surface area contributed by atoms with Gasteiger partial charge in [-0.1, -0.05) is 18.2 Å². The van der Waals surface area contributed by atoms with Crippen LogP contribution in [0, 0.1) is 5.82 Å². The van der Waals surface area contributed by atoms with Gasteiger partial charge in [-0.15, -0.1) is 0 Å². The lowest BCUT2D eigenvalue weighted by atomic mass is 9.97. The summed E-state index contributed by atoms with van der Waals surface area (Å²) in [6, 6.07) is 15.9. The summed E-state index contributed by atoms with van der Waals surface area (Å²) in [7, 11) is 0. The van der Waals surface area contributed by atoms with Crippen LogP contribution in [0.3, 0.4) is 0 Å². The monoisotopic (exact) mass is 437 g/mol. The standard InChI is InChI=1S/C21H13BrFN3O2/c22-16-10-13(6-7-17(16)23)26-21(28)15-4-2-1-3-14(15)20(27)12-5-8-18-19(9-12)25-11-24-18/h1-11H,(H,24,25)(H,26,28). The summed E-state index contributed by atoms with van der Waals surface area (Å²) in [4.78, 5) is 32.9. The molecule has 0 aliphatic carbocycles. The summed E-state index contributed by atoms with van der Waals surface area (Å²) in [5, 5.41) is 2.69. The Labute approximate surface area is 167 Å². The SMILES string of the molecule is O=C(Nc1ccc(F)c(Br)c1)c1ccccc1C(=O)c1ccc2nc[nH]c2c1. The fourth-order valence-corrected chi connectivity index (χ4v) is 3.26. The van der Waals surface area contributed by atoms with Gasteiger partial charge < -0.3 is 10.3 Å². The van der Waals surface area contributed by atoms with Gasteiger partial charge in [0.25, 0.3) is 5.91 Å². The number of imidazole rings is 1. The Hall–Kier alpha value is -3.32. The second-order valence-corrected chi connectivity index (χ2v) is 6.95. The van der Waals surface area contributed by atoms with Gasteiger partial charge in [0.1, 0.15) is 5.82 Å². The summed E-state index contributed by atoms with van der Waals surface area (Å²) < 4.78 is 13.6. The molecule has 1 amide bonds. The van der Waals surface area contributed by atoms with Gasteiger partial charge in [-0.05, 0) is 58.4 Å². The molecule has 1 aromatic heterocycles. The summed E-state index contributed by atoms with van der Waals surface area (Å²) >= 11 is 3.09. The number of H-pyrrole nitrogens is 1. The number of carbonyl (C=O) groups excluding carboxylic acids is 2. The second-order valence-electron chi connectivity index (χ2n) is 6.09. The Morgan fingerprint density at radius 1 is 1.00 bits per heavy atom. The molecule has 5 nitrogen and oxygen atoms in total. The van der Waals surface area contributed by atoms with Crippen LogP contribution in [-0.2, 0) is 0 Å². The first-order valence-corrected chi connectivity index (χ1v) is 9.15. The zero-order chi connectivity index (χ0) is 19.7. The maximum absolute atomic E-state index is 13.4. The van der Waals surface area contributed by atoms with E-state index >= 15 is 0 Å². The highest BCUT2D eigenvalue weighted by Crippen LogP contribution is 2.22. The molecule has 0 saturated heterocycles. The Kier molecular flexibility index (Phi) is 4.75. The molecule has 0 aliphatic rings. The van der Waals surface area contributed by atoms with Crippen molar-refractivity contribution in [1.82, 2.24) is 9.97 Å². The summed E-state index contributed by atoms with van der Waals surface area (Å²) in [5.74, 6) is -1.16. The molecule has 4 aromatic rings. The number of ketones is 1. The molecule has 0 aliphatic heterocycles. The smallest absolute Gasteiger partial charge is 0.256 e. The van der Waals surface area contributed by atoms with E-state index in [1.165, 1.54) is 18.2 Å². The maximum atomic E-state index is 13.4. The number of aromatic amines is 1. The predicted molar refractivity (Wildman–Crippen MR) is 108 cm³/mol. The molecule has 138 valence electrons. The van der Waals surface area contributed by atoms with Crippen LogP contribution in [-0.4, -0.2) is 21.7 Å². The average Bonchev–Trinajstić information content (AvgIpc) is 3.18. The Morgan fingerprint density at radius 2 is 1.79 bits per heavy atom. The molecule has 0 unspecified atom stereocenters. The van der Waals surface area contributed by atoms with Crippen LogP contribution in [0.2, 0.25) is 0 Å². The molecule has 1 heterocycles. The van der Waals surface area contributed by atoms with Crippen molar-refractivity contribution in [2.45, 2.75) is 0 Å². The molecule has 4 rings (SSSR count). The van der Waals surface area contributed by atoms with Crippen LogP contribution in [0.1, 0.15) is 26.3 Å². The van der Waals surface area contributed by atoms with Gasteiger partial charge >= 0.3 is 0 Å². The van der Waals surface area contributed by atoms with Crippen molar-refractivity contribution in [3.05, 3.63) is 94.0 Å². The third-order valence-corrected chi connectivity index (χ3v) is 4.88. The van der Waals surface area contributed by atoms with E-state index in [9.17, 15) is 14.0 Å². The van der Waals surface area contributed by atoms with Crippen LogP contribution >= 0.6 is 15.9 Å². The minimum Gasteiger partial charge on any atom is -0.345 e. The first-order valence-electron chi connectivity index (χ1n) is 8.36. The molecule has 7 heteroatoms. The number of fused-ring (bicyclic) bond motifs is 1. The highest BCUT2D eigenvalue weighted by Gasteiger charge is 2.19. The molecular weight excluding hydrogens is 425 g/mol. The van der Waals surface area contributed by atoms with Crippen LogP contribution in [0.25, 0.3) is 11.0 Å². The number of hydrogen-bond acceptors (Lipinski definition) is 3. The highest BCUT2D eigenvalue weighted by atomic mass is 79.9. The van der Waals surface area contributed by atoms with Crippen molar-refractivity contribution in [1.29, 1.82) is 0 Å². The van der Waals surface area contributed by atoms with E-state index in [-0.39, 0.29) is 21.4 Å². The van der Waals surface area contributed by atoms with Crippen molar-refractivity contribution in [2.75, 3.05) is 5.32 Å². The maximum Gasteiger partial charge on any atom is 0.256 e. The molecule has 2 N–H and O–H groups in total. The summed E-state index contributed by atoms with van der Waals surface area (Å²) in [6.07, 6.45) is 1.56. The Morgan fingerprint density at radius 3 is 2.57 bits per heavy atom. The normalized spacial score (nSPS) is 10.8. The number of carbonyl (C=O) groups is 2. The number of rotatable bonds is 4. The lowest BCUT2D eigenvalue weighted by Gasteiger charge is -2.10. The van der Waals surface area contributed by atoms with Crippen molar-refractivity contribution < 1.29 is 14.0 Å². The largest absolute Gasteiger partial charge is 0.345 e. The molecule has 0 fully saturated rings. The number of amides is 1. The van der Waals surface area contributed by atoms with E-state index in [1.807, 2.05) is 0 Å². The minimum absolute atomic E-state index is 0.234. The first kappa shape index (κ1) is 18.1. The van der Waals surface area contributed by atoms with E-state index in [0.29, 0.717) is 11.3 Å². The quantitative estimate of drug-likeness (QED) is 0.443. The Balaban J connectivity index is 1.66. The second kappa shape index (κ2) is 7.36. The molecule has 0 bridgehead atoms. The topological polar surface area (TPSA) is 74.8 Å². The molecule has 28 heavy (non-hydrogen) atoms. The van der Waals surface area contributed by atoms with Crippen molar-refractivity contribution in [3.63, 3.8) is 0 Å². The molecule has 0 saturated carbocycles. The molecule has 0 spiro atoms. The van der Waals surface area contributed by atoms with Crippen molar-refractivity contribution in [3.8, 4) is 0 Å². The van der Waals surface area contributed by atoms with Crippen molar-refractivity contribution in [2.24, 2.45) is 0 Å². The zero-order valence-electron chi connectivity index (χ0n) is 14.4. The van der Waals surface area contributed by atoms with E-state index < -0.39 is 11.7 Å². The Bertz CT molecular complexity index is 1220. The number of nitrogens with one attached hydrogen (secondary N) is 2. The number of benzene rings is 3. The number of anilines is 1. The third-order valence-electron chi connectivity index (χ3n) is 4.28. The molecular formula is C21H13BrFN3O2. The zero-order valence-corrected chi connectivity index (χ0v) is 16.0. The lowest BCUT2D eigenvalue weighted by molar-refractivity contribution is 0.0996. The van der Waals surface area contributed by atoms with E-state index in [0.717, 1.165) is 11.0 Å². The van der Waals surface area contributed by atoms with E-state index in [4.69, 9.17) is 0 Å². The molecule has 0 atom stereocenters. The van der Waals surface area contributed by atoms with Gasteiger partial charge in [0.05, 0.1) is 27.4 Å². The van der Waals surface area contributed by atoms with Crippen LogP contribution in [0.15, 0.2) is 71.5 Å². The number of hydrogen-bond donors (Lipinski definition) is 2. The average molecular weight is 438 g/mol. The van der Waals surface area contributed by atoms with Gasteiger partial charge in [-0.2, -0.15) is 0 Å². The number of aromatic nitrogens is 2. The van der Waals surface area contributed by atoms with Gasteiger partial charge in [-0.3, -0.25) is 9.59 Å². The fraction of sp³-hybridized carbons (Fsp3) is 0. The lowest BCUT2D eigenvalue weighted by Crippen LogP contribution is -2.17. The first-order chi connectivity index (χ1) is 13.5. The van der Waals surface area contributed by atoms with E-state index in [2.05, 4.69) is 31.2 Å². The number of halogens is 2. The van der Waals surface area contributed by atoms with Gasteiger partial charge in [0.15, 0.2) is 5.78 Å². The molecule has 3 aromatic carbocycles. The van der Waals surface area contributed by atoms with Crippen LogP contribution in [0.5, 0.6) is 0 Å². The van der Waals surface area contributed by atoms with Gasteiger partial charge in [0, 0.05) is 16.8 Å². The summed E-state index contributed by atoms with van der Waals surface area (Å²) in [6.45, 7) is 0. The summed E-state index contributed by atoms with van der Waals surface area (Å²) in [5.41, 5.74) is 2.87. The van der Waals surface area contributed by atoms with E-state index in [1.54, 1.807) is 48.8 Å². The van der Waals surface area contributed by atoms with Gasteiger partial charge in [0.2, 0.25) is 0 Å². The van der Waals surface area contributed by atoms with Gasteiger partial charge in [-0.25, -0.2) is 9.37 Å². The van der Waals surface area contributed by atoms with Crippen molar-refractivity contribution >= 4 is 44.3 Å². The predicted octanol–water partition coefficient (Wildman–Crippen LogP) is 4.95. The van der Waals surface area contributed by atoms with Crippen LogP contribution < -0.4 is 5.32 Å².